The normalized spacial score (nSPS) is 25.4. The van der Waals surface area contributed by atoms with Gasteiger partial charge in [-0.15, -0.1) is 0 Å². The second-order valence-corrected chi connectivity index (χ2v) is 5.60. The molecule has 88 valence electrons. The van der Waals surface area contributed by atoms with Crippen LogP contribution >= 0.6 is 27.5 Å². The predicted molar refractivity (Wildman–Crippen MR) is 71.0 cm³/mol. The summed E-state index contributed by atoms with van der Waals surface area (Å²) >= 11 is 9.52. The van der Waals surface area contributed by atoms with Crippen molar-refractivity contribution in [3.63, 3.8) is 0 Å². The zero-order valence-electron chi connectivity index (χ0n) is 8.92. The van der Waals surface area contributed by atoms with Gasteiger partial charge in [0.05, 0.1) is 16.8 Å². The standard InChI is InChI=1S/C12H15BrClNO/c13-8-1-6-12(11(14)7-8)15-9-2-4-10(16)5-3-9/h1,6-7,9-10,15-16H,2-5H2. The number of rotatable bonds is 2. The third-order valence-electron chi connectivity index (χ3n) is 2.99. The summed E-state index contributed by atoms with van der Waals surface area (Å²) in [6.45, 7) is 0. The summed E-state index contributed by atoms with van der Waals surface area (Å²) in [5.74, 6) is 0. The van der Waals surface area contributed by atoms with E-state index in [-0.39, 0.29) is 6.10 Å². The van der Waals surface area contributed by atoms with E-state index in [0.717, 1.165) is 40.9 Å². The SMILES string of the molecule is OC1CCC(Nc2ccc(Br)cc2Cl)CC1. The van der Waals surface area contributed by atoms with Crippen molar-refractivity contribution in [1.29, 1.82) is 0 Å². The summed E-state index contributed by atoms with van der Waals surface area (Å²) in [6.07, 6.45) is 3.66. The van der Waals surface area contributed by atoms with Crippen LogP contribution < -0.4 is 5.32 Å². The van der Waals surface area contributed by atoms with Gasteiger partial charge in [-0.2, -0.15) is 0 Å². The molecule has 1 aromatic rings. The molecule has 1 saturated carbocycles. The number of nitrogens with one attached hydrogen (secondary N) is 1. The van der Waals surface area contributed by atoms with Gasteiger partial charge in [0, 0.05) is 10.5 Å². The highest BCUT2D eigenvalue weighted by atomic mass is 79.9. The lowest BCUT2D eigenvalue weighted by molar-refractivity contribution is 0.126. The van der Waals surface area contributed by atoms with Gasteiger partial charge in [0.25, 0.3) is 0 Å². The number of benzene rings is 1. The Morgan fingerprint density at radius 2 is 1.94 bits per heavy atom. The summed E-state index contributed by atoms with van der Waals surface area (Å²) in [7, 11) is 0. The molecule has 0 heterocycles. The minimum atomic E-state index is -0.113. The molecular formula is C12H15BrClNO. The van der Waals surface area contributed by atoms with Gasteiger partial charge in [-0.3, -0.25) is 0 Å². The fraction of sp³-hybridized carbons (Fsp3) is 0.500. The van der Waals surface area contributed by atoms with Gasteiger partial charge >= 0.3 is 0 Å². The number of aliphatic hydroxyl groups is 1. The Morgan fingerprint density at radius 1 is 1.25 bits per heavy atom. The molecule has 4 heteroatoms. The van der Waals surface area contributed by atoms with Gasteiger partial charge in [0.15, 0.2) is 0 Å². The molecule has 0 bridgehead atoms. The van der Waals surface area contributed by atoms with Crippen molar-refractivity contribution >= 4 is 33.2 Å². The fourth-order valence-corrected chi connectivity index (χ4v) is 2.77. The van der Waals surface area contributed by atoms with Crippen LogP contribution in [0.15, 0.2) is 22.7 Å². The van der Waals surface area contributed by atoms with Gasteiger partial charge in [0.2, 0.25) is 0 Å². The van der Waals surface area contributed by atoms with Gasteiger partial charge in [-0.25, -0.2) is 0 Å². The minimum absolute atomic E-state index is 0.113. The van der Waals surface area contributed by atoms with Crippen molar-refractivity contribution in [2.45, 2.75) is 37.8 Å². The Morgan fingerprint density at radius 3 is 2.56 bits per heavy atom. The zero-order chi connectivity index (χ0) is 11.5. The highest BCUT2D eigenvalue weighted by Gasteiger charge is 2.19. The van der Waals surface area contributed by atoms with E-state index in [2.05, 4.69) is 21.2 Å². The lowest BCUT2D eigenvalue weighted by Gasteiger charge is -2.27. The van der Waals surface area contributed by atoms with E-state index in [4.69, 9.17) is 11.6 Å². The van der Waals surface area contributed by atoms with Crippen molar-refractivity contribution in [3.05, 3.63) is 27.7 Å². The fourth-order valence-electron chi connectivity index (χ4n) is 2.05. The molecular weight excluding hydrogens is 289 g/mol. The second-order valence-electron chi connectivity index (χ2n) is 4.27. The molecule has 0 radical (unpaired) electrons. The first-order valence-corrected chi connectivity index (χ1v) is 6.72. The van der Waals surface area contributed by atoms with Crippen molar-refractivity contribution in [1.82, 2.24) is 0 Å². The number of hydrogen-bond donors (Lipinski definition) is 2. The van der Waals surface area contributed by atoms with Crippen LogP contribution in [-0.4, -0.2) is 17.3 Å². The highest BCUT2D eigenvalue weighted by Crippen LogP contribution is 2.29. The van der Waals surface area contributed by atoms with Crippen LogP contribution in [0.25, 0.3) is 0 Å². The molecule has 1 aliphatic carbocycles. The molecule has 0 atom stereocenters. The van der Waals surface area contributed by atoms with Crippen LogP contribution in [-0.2, 0) is 0 Å². The molecule has 2 rings (SSSR count). The Labute approximate surface area is 109 Å². The monoisotopic (exact) mass is 303 g/mol. The average molecular weight is 305 g/mol. The van der Waals surface area contributed by atoms with E-state index in [1.54, 1.807) is 0 Å². The Hall–Kier alpha value is -0.250. The average Bonchev–Trinajstić information content (AvgIpc) is 2.25. The van der Waals surface area contributed by atoms with Crippen LogP contribution in [0.4, 0.5) is 5.69 Å². The number of halogens is 2. The van der Waals surface area contributed by atoms with Crippen LogP contribution in [0.5, 0.6) is 0 Å². The number of anilines is 1. The van der Waals surface area contributed by atoms with Crippen molar-refractivity contribution in [2.75, 3.05) is 5.32 Å². The predicted octanol–water partition coefficient (Wildman–Crippen LogP) is 3.82. The molecule has 1 aromatic carbocycles. The van der Waals surface area contributed by atoms with E-state index < -0.39 is 0 Å². The molecule has 2 nitrogen and oxygen atoms in total. The minimum Gasteiger partial charge on any atom is -0.393 e. The van der Waals surface area contributed by atoms with Gasteiger partial charge in [-0.05, 0) is 43.9 Å². The molecule has 0 amide bonds. The maximum atomic E-state index is 9.42. The molecule has 16 heavy (non-hydrogen) atoms. The van der Waals surface area contributed by atoms with E-state index in [9.17, 15) is 5.11 Å². The highest BCUT2D eigenvalue weighted by molar-refractivity contribution is 9.10. The van der Waals surface area contributed by atoms with Gasteiger partial charge in [-0.1, -0.05) is 27.5 Å². The lowest BCUT2D eigenvalue weighted by Crippen LogP contribution is -2.28. The molecule has 2 N–H and O–H groups in total. The molecule has 0 aliphatic heterocycles. The van der Waals surface area contributed by atoms with Crippen LogP contribution in [0.3, 0.4) is 0 Å². The summed E-state index contributed by atoms with van der Waals surface area (Å²) in [6, 6.07) is 6.28. The Balaban J connectivity index is 1.98. The summed E-state index contributed by atoms with van der Waals surface area (Å²) in [5.41, 5.74) is 0.978. The Bertz CT molecular complexity index is 364. The van der Waals surface area contributed by atoms with Crippen molar-refractivity contribution in [2.24, 2.45) is 0 Å². The maximum absolute atomic E-state index is 9.42. The van der Waals surface area contributed by atoms with E-state index >= 15 is 0 Å². The molecule has 1 aliphatic rings. The van der Waals surface area contributed by atoms with Crippen LogP contribution in [0.2, 0.25) is 5.02 Å². The molecule has 0 aromatic heterocycles. The van der Waals surface area contributed by atoms with Gasteiger partial charge < -0.3 is 10.4 Å². The van der Waals surface area contributed by atoms with E-state index in [0.29, 0.717) is 6.04 Å². The van der Waals surface area contributed by atoms with E-state index in [1.807, 2.05) is 18.2 Å². The summed E-state index contributed by atoms with van der Waals surface area (Å²) in [4.78, 5) is 0. The third-order valence-corrected chi connectivity index (χ3v) is 3.79. The molecule has 0 unspecified atom stereocenters. The van der Waals surface area contributed by atoms with E-state index in [1.165, 1.54) is 0 Å². The molecule has 1 fully saturated rings. The quantitative estimate of drug-likeness (QED) is 0.870. The maximum Gasteiger partial charge on any atom is 0.0648 e. The first kappa shape index (κ1) is 12.2. The molecule has 0 spiro atoms. The first-order chi connectivity index (χ1) is 7.65. The largest absolute Gasteiger partial charge is 0.393 e. The number of aliphatic hydroxyl groups excluding tert-OH is 1. The smallest absolute Gasteiger partial charge is 0.0648 e. The Kier molecular flexibility index (Phi) is 4.11. The summed E-state index contributed by atoms with van der Waals surface area (Å²) in [5, 5.41) is 13.6. The molecule has 0 saturated heterocycles. The summed E-state index contributed by atoms with van der Waals surface area (Å²) < 4.78 is 0.988. The van der Waals surface area contributed by atoms with Crippen LogP contribution in [0.1, 0.15) is 25.7 Å². The second kappa shape index (κ2) is 5.39. The lowest BCUT2D eigenvalue weighted by atomic mass is 9.93. The topological polar surface area (TPSA) is 32.3 Å². The zero-order valence-corrected chi connectivity index (χ0v) is 11.3. The van der Waals surface area contributed by atoms with Crippen molar-refractivity contribution in [3.8, 4) is 0 Å². The van der Waals surface area contributed by atoms with Crippen molar-refractivity contribution < 1.29 is 5.11 Å². The van der Waals surface area contributed by atoms with Crippen LogP contribution in [0, 0.1) is 0 Å². The first-order valence-electron chi connectivity index (χ1n) is 5.55. The number of hydrogen-bond acceptors (Lipinski definition) is 2. The third kappa shape index (κ3) is 3.12. The van der Waals surface area contributed by atoms with Gasteiger partial charge in [0.1, 0.15) is 0 Å².